The smallest absolute Gasteiger partial charge is 0.234 e. The van der Waals surface area contributed by atoms with Gasteiger partial charge in [0, 0.05) is 24.7 Å². The van der Waals surface area contributed by atoms with Crippen LogP contribution in [0, 0.1) is 0 Å². The molecule has 0 bridgehead atoms. The van der Waals surface area contributed by atoms with Crippen molar-refractivity contribution >= 4 is 5.91 Å². The number of carbonyl (C=O) groups is 1. The Morgan fingerprint density at radius 1 is 1.16 bits per heavy atom. The molecular formula is C19H24N2O4. The predicted molar refractivity (Wildman–Crippen MR) is 93.9 cm³/mol. The van der Waals surface area contributed by atoms with E-state index in [1.54, 1.807) is 14.2 Å². The van der Waals surface area contributed by atoms with Crippen LogP contribution in [0.4, 0.5) is 0 Å². The first-order valence-electron chi connectivity index (χ1n) is 8.58. The molecule has 6 heteroatoms. The molecule has 2 aromatic rings. The number of benzene rings is 1. The normalized spacial score (nSPS) is 14.9. The molecule has 0 spiro atoms. The van der Waals surface area contributed by atoms with E-state index >= 15 is 0 Å². The summed E-state index contributed by atoms with van der Waals surface area (Å²) in [5.41, 5.74) is 1.04. The summed E-state index contributed by atoms with van der Waals surface area (Å²) in [4.78, 5) is 14.7. The van der Waals surface area contributed by atoms with Crippen LogP contribution >= 0.6 is 0 Å². The molecule has 6 nitrogen and oxygen atoms in total. The number of rotatable bonds is 7. The molecule has 1 fully saturated rings. The number of amides is 1. The summed E-state index contributed by atoms with van der Waals surface area (Å²) < 4.78 is 16.1. The highest BCUT2D eigenvalue weighted by Gasteiger charge is 2.55. The fourth-order valence-corrected chi connectivity index (χ4v) is 3.14. The number of carbonyl (C=O) groups excluding carboxylic acids is 1. The first kappa shape index (κ1) is 17.3. The lowest BCUT2D eigenvalue weighted by molar-refractivity contribution is -0.133. The number of hydrogen-bond acceptors (Lipinski definition) is 5. The summed E-state index contributed by atoms with van der Waals surface area (Å²) in [6.07, 6.45) is 1.64. The lowest BCUT2D eigenvalue weighted by Gasteiger charge is -2.23. The predicted octanol–water partition coefficient (Wildman–Crippen LogP) is 3.26. The van der Waals surface area contributed by atoms with Crippen LogP contribution in [0.5, 0.6) is 11.5 Å². The topological polar surface area (TPSA) is 64.8 Å². The number of likely N-dealkylation sites (N-methyl/N-ethyl adjacent to an activating group) is 1. The van der Waals surface area contributed by atoms with Crippen molar-refractivity contribution in [2.75, 3.05) is 27.3 Å². The maximum Gasteiger partial charge on any atom is 0.234 e. The lowest BCUT2D eigenvalue weighted by atomic mass is 9.99. The SMILES string of the molecule is CCN(CC)C(=O)C1(c2cc(-c3ccc(OC)c(OC)c3)on2)CC1. The van der Waals surface area contributed by atoms with Gasteiger partial charge in [-0.25, -0.2) is 0 Å². The minimum absolute atomic E-state index is 0.143. The van der Waals surface area contributed by atoms with E-state index in [4.69, 9.17) is 14.0 Å². The van der Waals surface area contributed by atoms with Crippen LogP contribution in [0.3, 0.4) is 0 Å². The molecule has 1 heterocycles. The van der Waals surface area contributed by atoms with Crippen LogP contribution in [0.15, 0.2) is 28.8 Å². The van der Waals surface area contributed by atoms with Crippen molar-refractivity contribution in [1.82, 2.24) is 10.1 Å². The molecule has 1 aliphatic carbocycles. The molecule has 25 heavy (non-hydrogen) atoms. The van der Waals surface area contributed by atoms with Gasteiger partial charge in [-0.3, -0.25) is 4.79 Å². The molecule has 0 N–H and O–H groups in total. The maximum atomic E-state index is 12.8. The van der Waals surface area contributed by atoms with Gasteiger partial charge in [0.2, 0.25) is 5.91 Å². The van der Waals surface area contributed by atoms with E-state index in [2.05, 4.69) is 5.16 Å². The van der Waals surface area contributed by atoms with Gasteiger partial charge >= 0.3 is 0 Å². The fraction of sp³-hybridized carbons (Fsp3) is 0.474. The molecule has 0 unspecified atom stereocenters. The largest absolute Gasteiger partial charge is 0.493 e. The molecule has 1 aromatic carbocycles. The van der Waals surface area contributed by atoms with E-state index in [0.29, 0.717) is 36.0 Å². The van der Waals surface area contributed by atoms with Crippen molar-refractivity contribution in [3.05, 3.63) is 30.0 Å². The minimum atomic E-state index is -0.510. The first-order chi connectivity index (χ1) is 12.1. The van der Waals surface area contributed by atoms with Gasteiger partial charge in [-0.05, 0) is 44.9 Å². The van der Waals surface area contributed by atoms with Crippen LogP contribution in [0.2, 0.25) is 0 Å². The summed E-state index contributed by atoms with van der Waals surface area (Å²) in [5, 5.41) is 4.20. The average molecular weight is 344 g/mol. The van der Waals surface area contributed by atoms with Gasteiger partial charge in [0.1, 0.15) is 0 Å². The van der Waals surface area contributed by atoms with Gasteiger partial charge in [0.15, 0.2) is 17.3 Å². The third kappa shape index (κ3) is 2.97. The third-order valence-corrected chi connectivity index (χ3v) is 4.88. The highest BCUT2D eigenvalue weighted by atomic mass is 16.5. The fourth-order valence-electron chi connectivity index (χ4n) is 3.14. The van der Waals surface area contributed by atoms with Crippen molar-refractivity contribution < 1.29 is 18.8 Å². The minimum Gasteiger partial charge on any atom is -0.493 e. The molecule has 0 atom stereocenters. The van der Waals surface area contributed by atoms with Crippen LogP contribution in [-0.2, 0) is 10.2 Å². The molecule has 1 saturated carbocycles. The molecular weight excluding hydrogens is 320 g/mol. The highest BCUT2D eigenvalue weighted by molar-refractivity contribution is 5.91. The van der Waals surface area contributed by atoms with Crippen molar-refractivity contribution in [3.63, 3.8) is 0 Å². The molecule has 1 aliphatic rings. The van der Waals surface area contributed by atoms with E-state index in [1.165, 1.54) is 0 Å². The zero-order valence-corrected chi connectivity index (χ0v) is 15.2. The number of hydrogen-bond donors (Lipinski definition) is 0. The molecule has 3 rings (SSSR count). The number of methoxy groups -OCH3 is 2. The Morgan fingerprint density at radius 3 is 2.40 bits per heavy atom. The molecule has 0 radical (unpaired) electrons. The van der Waals surface area contributed by atoms with E-state index in [-0.39, 0.29) is 5.91 Å². The summed E-state index contributed by atoms with van der Waals surface area (Å²) in [6.45, 7) is 5.40. The standard InChI is InChI=1S/C19H24N2O4/c1-5-21(6-2)18(22)19(9-10-19)17-12-15(25-20-17)13-7-8-14(23-3)16(11-13)24-4/h7-8,11-12H,5-6,9-10H2,1-4H3. The quantitative estimate of drug-likeness (QED) is 0.771. The second-order valence-corrected chi connectivity index (χ2v) is 6.21. The van der Waals surface area contributed by atoms with Crippen LogP contribution in [0.1, 0.15) is 32.4 Å². The van der Waals surface area contributed by atoms with E-state index in [1.807, 2.05) is 43.0 Å². The number of aromatic nitrogens is 1. The second kappa shape index (κ2) is 6.78. The number of nitrogens with zero attached hydrogens (tertiary/aromatic N) is 2. The Morgan fingerprint density at radius 2 is 1.84 bits per heavy atom. The second-order valence-electron chi connectivity index (χ2n) is 6.21. The van der Waals surface area contributed by atoms with Crippen molar-refractivity contribution in [3.8, 4) is 22.8 Å². The van der Waals surface area contributed by atoms with Crippen molar-refractivity contribution in [1.29, 1.82) is 0 Å². The summed E-state index contributed by atoms with van der Waals surface area (Å²) >= 11 is 0. The van der Waals surface area contributed by atoms with Gasteiger partial charge in [0.05, 0.1) is 25.3 Å². The summed E-state index contributed by atoms with van der Waals surface area (Å²) in [5.74, 6) is 2.04. The van der Waals surface area contributed by atoms with Gasteiger partial charge < -0.3 is 18.9 Å². The van der Waals surface area contributed by atoms with Gasteiger partial charge in [-0.1, -0.05) is 5.16 Å². The Kier molecular flexibility index (Phi) is 4.70. The molecule has 1 aromatic heterocycles. The van der Waals surface area contributed by atoms with Gasteiger partial charge in [-0.15, -0.1) is 0 Å². The van der Waals surface area contributed by atoms with E-state index in [0.717, 1.165) is 18.4 Å². The molecule has 0 saturated heterocycles. The maximum absolute atomic E-state index is 12.8. The Labute approximate surface area is 147 Å². The zero-order valence-electron chi connectivity index (χ0n) is 15.2. The third-order valence-electron chi connectivity index (χ3n) is 4.88. The summed E-state index contributed by atoms with van der Waals surface area (Å²) in [7, 11) is 3.19. The highest BCUT2D eigenvalue weighted by Crippen LogP contribution is 2.50. The first-order valence-corrected chi connectivity index (χ1v) is 8.58. The van der Waals surface area contributed by atoms with E-state index < -0.39 is 5.41 Å². The molecule has 0 aliphatic heterocycles. The Balaban J connectivity index is 1.89. The average Bonchev–Trinajstić information content (AvgIpc) is 3.31. The molecule has 1 amide bonds. The Hall–Kier alpha value is -2.50. The van der Waals surface area contributed by atoms with Gasteiger partial charge in [0.25, 0.3) is 0 Å². The molecule has 134 valence electrons. The lowest BCUT2D eigenvalue weighted by Crippen LogP contribution is -2.39. The van der Waals surface area contributed by atoms with Crippen LogP contribution < -0.4 is 9.47 Å². The Bertz CT molecular complexity index is 761. The van der Waals surface area contributed by atoms with E-state index in [9.17, 15) is 4.79 Å². The summed E-state index contributed by atoms with van der Waals surface area (Å²) in [6, 6.07) is 7.42. The van der Waals surface area contributed by atoms with Gasteiger partial charge in [-0.2, -0.15) is 0 Å². The number of ether oxygens (including phenoxy) is 2. The van der Waals surface area contributed by atoms with Crippen molar-refractivity contribution in [2.45, 2.75) is 32.1 Å². The van der Waals surface area contributed by atoms with Crippen molar-refractivity contribution in [2.24, 2.45) is 0 Å². The van der Waals surface area contributed by atoms with Crippen LogP contribution in [0.25, 0.3) is 11.3 Å². The monoisotopic (exact) mass is 344 g/mol. The zero-order chi connectivity index (χ0) is 18.0. The van der Waals surface area contributed by atoms with Crippen LogP contribution in [-0.4, -0.2) is 43.3 Å².